The van der Waals surface area contributed by atoms with Gasteiger partial charge in [-0.2, -0.15) is 0 Å². The number of hydrogen-bond acceptors (Lipinski definition) is 5. The van der Waals surface area contributed by atoms with Gasteiger partial charge in [0.2, 0.25) is 0 Å². The molecule has 5 heteroatoms. The van der Waals surface area contributed by atoms with Crippen LogP contribution in [0.1, 0.15) is 19.0 Å². The van der Waals surface area contributed by atoms with Crippen LogP contribution < -0.4 is 4.90 Å². The molecule has 22 heavy (non-hydrogen) atoms. The minimum atomic E-state index is 0.615. The average molecular weight is 297 g/mol. The van der Waals surface area contributed by atoms with Gasteiger partial charge >= 0.3 is 0 Å². The predicted octanol–water partition coefficient (Wildman–Crippen LogP) is 2.38. The monoisotopic (exact) mass is 297 g/mol. The van der Waals surface area contributed by atoms with Crippen LogP contribution in [-0.2, 0) is 0 Å². The third-order valence-electron chi connectivity index (χ3n) is 4.39. The Labute approximate surface area is 132 Å². The Morgan fingerprint density at radius 1 is 1.27 bits per heavy atom. The van der Waals surface area contributed by atoms with Crippen molar-refractivity contribution in [3.05, 3.63) is 36.3 Å². The quantitative estimate of drug-likeness (QED) is 0.867. The van der Waals surface area contributed by atoms with Crippen LogP contribution in [0.25, 0.3) is 11.4 Å². The SMILES string of the molecule is CCN(C)C1CCN(c2cc(C)nc(-c3ccncc3)n2)C1. The van der Waals surface area contributed by atoms with Crippen LogP contribution >= 0.6 is 0 Å². The highest BCUT2D eigenvalue weighted by Gasteiger charge is 2.26. The third kappa shape index (κ3) is 3.09. The number of aromatic nitrogens is 3. The summed E-state index contributed by atoms with van der Waals surface area (Å²) in [6.45, 7) is 7.42. The molecule has 0 spiro atoms. The molecule has 0 N–H and O–H groups in total. The van der Waals surface area contributed by atoms with Crippen molar-refractivity contribution in [2.75, 3.05) is 31.6 Å². The fraction of sp³-hybridized carbons (Fsp3) is 0.471. The molecule has 0 radical (unpaired) electrons. The summed E-state index contributed by atoms with van der Waals surface area (Å²) >= 11 is 0. The van der Waals surface area contributed by atoms with Crippen molar-refractivity contribution in [3.63, 3.8) is 0 Å². The van der Waals surface area contributed by atoms with Crippen LogP contribution in [0.4, 0.5) is 5.82 Å². The Morgan fingerprint density at radius 2 is 2.05 bits per heavy atom. The van der Waals surface area contributed by atoms with E-state index in [0.29, 0.717) is 6.04 Å². The first-order valence-electron chi connectivity index (χ1n) is 7.88. The molecule has 116 valence electrons. The van der Waals surface area contributed by atoms with Gasteiger partial charge in [0.05, 0.1) is 0 Å². The second-order valence-electron chi connectivity index (χ2n) is 5.89. The van der Waals surface area contributed by atoms with E-state index in [4.69, 9.17) is 4.98 Å². The molecule has 1 aliphatic rings. The maximum absolute atomic E-state index is 4.77. The fourth-order valence-corrected chi connectivity index (χ4v) is 2.91. The standard InChI is InChI=1S/C17H23N5/c1-4-21(3)15-7-10-22(12-15)16-11-13(2)19-17(20-16)14-5-8-18-9-6-14/h5-6,8-9,11,15H,4,7,10,12H2,1-3H3. The van der Waals surface area contributed by atoms with Gasteiger partial charge < -0.3 is 9.80 Å². The number of aryl methyl sites for hydroxylation is 1. The zero-order valence-electron chi connectivity index (χ0n) is 13.5. The highest BCUT2D eigenvalue weighted by atomic mass is 15.3. The summed E-state index contributed by atoms with van der Waals surface area (Å²) in [5.41, 5.74) is 2.02. The van der Waals surface area contributed by atoms with Crippen LogP contribution in [0.2, 0.25) is 0 Å². The number of hydrogen-bond donors (Lipinski definition) is 0. The number of nitrogens with zero attached hydrogens (tertiary/aromatic N) is 5. The number of pyridine rings is 1. The summed E-state index contributed by atoms with van der Waals surface area (Å²) in [5, 5.41) is 0. The molecule has 2 aromatic rings. The zero-order chi connectivity index (χ0) is 15.5. The van der Waals surface area contributed by atoms with E-state index in [9.17, 15) is 0 Å². The van der Waals surface area contributed by atoms with E-state index in [2.05, 4.69) is 39.8 Å². The molecule has 1 saturated heterocycles. The number of rotatable bonds is 4. The summed E-state index contributed by atoms with van der Waals surface area (Å²) in [4.78, 5) is 18.2. The van der Waals surface area contributed by atoms with Crippen molar-refractivity contribution < 1.29 is 0 Å². The first kappa shape index (κ1) is 14.9. The maximum Gasteiger partial charge on any atom is 0.161 e. The van der Waals surface area contributed by atoms with Crippen molar-refractivity contribution in [3.8, 4) is 11.4 Å². The van der Waals surface area contributed by atoms with Gasteiger partial charge in [-0.05, 0) is 39.1 Å². The Kier molecular flexibility index (Phi) is 4.34. The maximum atomic E-state index is 4.77. The van der Waals surface area contributed by atoms with Crippen molar-refractivity contribution in [1.29, 1.82) is 0 Å². The molecular formula is C17H23N5. The normalized spacial score (nSPS) is 18.2. The van der Waals surface area contributed by atoms with Gasteiger partial charge in [-0.3, -0.25) is 4.98 Å². The van der Waals surface area contributed by atoms with E-state index in [1.807, 2.05) is 19.1 Å². The van der Waals surface area contributed by atoms with E-state index in [-0.39, 0.29) is 0 Å². The third-order valence-corrected chi connectivity index (χ3v) is 4.39. The van der Waals surface area contributed by atoms with Crippen molar-refractivity contribution in [1.82, 2.24) is 19.9 Å². The molecule has 0 amide bonds. The lowest BCUT2D eigenvalue weighted by atomic mass is 10.2. The topological polar surface area (TPSA) is 45.2 Å². The summed E-state index contributed by atoms with van der Waals surface area (Å²) in [6, 6.07) is 6.61. The Morgan fingerprint density at radius 3 is 2.77 bits per heavy atom. The summed E-state index contributed by atoms with van der Waals surface area (Å²) in [6.07, 6.45) is 4.75. The minimum absolute atomic E-state index is 0.615. The lowest BCUT2D eigenvalue weighted by Crippen LogP contribution is -2.34. The van der Waals surface area contributed by atoms with Crippen molar-refractivity contribution in [2.24, 2.45) is 0 Å². The molecular weight excluding hydrogens is 274 g/mol. The number of likely N-dealkylation sites (N-methyl/N-ethyl adjacent to an activating group) is 1. The second kappa shape index (κ2) is 6.40. The van der Waals surface area contributed by atoms with Crippen LogP contribution in [-0.4, -0.2) is 52.6 Å². The van der Waals surface area contributed by atoms with Crippen molar-refractivity contribution >= 4 is 5.82 Å². The van der Waals surface area contributed by atoms with E-state index in [1.54, 1.807) is 12.4 Å². The zero-order valence-corrected chi connectivity index (χ0v) is 13.5. The van der Waals surface area contributed by atoms with Gasteiger partial charge in [-0.15, -0.1) is 0 Å². The van der Waals surface area contributed by atoms with Crippen LogP contribution in [0.5, 0.6) is 0 Å². The highest BCUT2D eigenvalue weighted by molar-refractivity contribution is 5.57. The van der Waals surface area contributed by atoms with Gasteiger partial charge in [0, 0.05) is 48.8 Å². The van der Waals surface area contributed by atoms with E-state index in [0.717, 1.165) is 42.5 Å². The van der Waals surface area contributed by atoms with E-state index < -0.39 is 0 Å². The molecule has 3 rings (SSSR count). The molecule has 0 aliphatic carbocycles. The molecule has 1 unspecified atom stereocenters. The Balaban J connectivity index is 1.85. The minimum Gasteiger partial charge on any atom is -0.355 e. The van der Waals surface area contributed by atoms with Gasteiger partial charge in [0.1, 0.15) is 5.82 Å². The Bertz CT molecular complexity index is 628. The smallest absolute Gasteiger partial charge is 0.161 e. The number of anilines is 1. The summed E-state index contributed by atoms with van der Waals surface area (Å²) < 4.78 is 0. The van der Waals surface area contributed by atoms with Gasteiger partial charge in [0.15, 0.2) is 5.82 Å². The molecule has 1 fully saturated rings. The van der Waals surface area contributed by atoms with Gasteiger partial charge in [-0.25, -0.2) is 9.97 Å². The first-order valence-corrected chi connectivity index (χ1v) is 7.88. The molecule has 5 nitrogen and oxygen atoms in total. The summed E-state index contributed by atoms with van der Waals surface area (Å²) in [5.74, 6) is 1.82. The molecule has 1 atom stereocenters. The predicted molar refractivity (Wildman–Crippen MR) is 88.9 cm³/mol. The van der Waals surface area contributed by atoms with Gasteiger partial charge in [0.25, 0.3) is 0 Å². The largest absolute Gasteiger partial charge is 0.355 e. The molecule has 2 aromatic heterocycles. The second-order valence-corrected chi connectivity index (χ2v) is 5.89. The molecule has 3 heterocycles. The fourth-order valence-electron chi connectivity index (χ4n) is 2.91. The lowest BCUT2D eigenvalue weighted by molar-refractivity contribution is 0.272. The van der Waals surface area contributed by atoms with Gasteiger partial charge in [-0.1, -0.05) is 6.92 Å². The molecule has 0 aromatic carbocycles. The molecule has 0 saturated carbocycles. The van der Waals surface area contributed by atoms with E-state index in [1.165, 1.54) is 6.42 Å². The van der Waals surface area contributed by atoms with Crippen LogP contribution in [0, 0.1) is 6.92 Å². The average Bonchev–Trinajstić information content (AvgIpc) is 3.04. The van der Waals surface area contributed by atoms with Crippen LogP contribution in [0.15, 0.2) is 30.6 Å². The highest BCUT2D eigenvalue weighted by Crippen LogP contribution is 2.24. The molecule has 1 aliphatic heterocycles. The van der Waals surface area contributed by atoms with Crippen LogP contribution in [0.3, 0.4) is 0 Å². The van der Waals surface area contributed by atoms with E-state index >= 15 is 0 Å². The Hall–Kier alpha value is -2.01. The summed E-state index contributed by atoms with van der Waals surface area (Å²) in [7, 11) is 2.20. The molecule has 0 bridgehead atoms. The lowest BCUT2D eigenvalue weighted by Gasteiger charge is -2.23. The van der Waals surface area contributed by atoms with Crippen molar-refractivity contribution in [2.45, 2.75) is 26.3 Å². The first-order chi connectivity index (χ1) is 10.7.